The minimum Gasteiger partial charge on any atom is -0.493 e. The number of ether oxygens (including phenoxy) is 4. The van der Waals surface area contributed by atoms with Gasteiger partial charge in [0.05, 0.1) is 26.7 Å². The van der Waals surface area contributed by atoms with Gasteiger partial charge in [-0.05, 0) is 48.1 Å². The van der Waals surface area contributed by atoms with E-state index in [1.165, 1.54) is 26.7 Å². The quantitative estimate of drug-likeness (QED) is 0.221. The second kappa shape index (κ2) is 16.3. The minimum absolute atomic E-state index is 0.0332. The van der Waals surface area contributed by atoms with Crippen LogP contribution < -0.4 is 15.2 Å². The van der Waals surface area contributed by atoms with Gasteiger partial charge < -0.3 is 24.7 Å². The first kappa shape index (κ1) is 30.7. The number of nitrogens with two attached hydrogens (primary N) is 1. The van der Waals surface area contributed by atoms with Gasteiger partial charge in [-0.2, -0.15) is 0 Å². The number of methoxy groups -OCH3 is 1. The van der Waals surface area contributed by atoms with Crippen molar-refractivity contribution in [2.45, 2.75) is 71.8 Å². The average Bonchev–Trinajstić information content (AvgIpc) is 2.88. The Morgan fingerprint density at radius 2 is 1.61 bits per heavy atom. The predicted octanol–water partition coefficient (Wildman–Crippen LogP) is 5.24. The Hall–Kier alpha value is -3.55. The average molecular weight is 528 g/mol. The Morgan fingerprint density at radius 3 is 2.21 bits per heavy atom. The zero-order valence-corrected chi connectivity index (χ0v) is 23.0. The summed E-state index contributed by atoms with van der Waals surface area (Å²) in [6.45, 7) is 5.47. The lowest BCUT2D eigenvalue weighted by molar-refractivity contribution is -0.154. The molecule has 208 valence electrons. The van der Waals surface area contributed by atoms with E-state index in [0.29, 0.717) is 25.2 Å². The van der Waals surface area contributed by atoms with Crippen molar-refractivity contribution in [3.63, 3.8) is 0 Å². The van der Waals surface area contributed by atoms with Crippen LogP contribution in [0.2, 0.25) is 0 Å². The molecule has 0 aliphatic heterocycles. The third-order valence-corrected chi connectivity index (χ3v) is 6.26. The van der Waals surface area contributed by atoms with E-state index in [4.69, 9.17) is 24.7 Å². The second-order valence-electron chi connectivity index (χ2n) is 9.39. The predicted molar refractivity (Wildman–Crippen MR) is 146 cm³/mol. The molecule has 1 amide bonds. The fraction of sp³-hybridized carbons (Fsp3) is 0.500. The maximum Gasteiger partial charge on any atom is 0.302 e. The normalized spacial score (nSPS) is 12.3. The summed E-state index contributed by atoms with van der Waals surface area (Å²) in [5, 5.41) is 0. The minimum atomic E-state index is -0.761. The molecule has 2 aromatic rings. The molecule has 2 atom stereocenters. The molecule has 2 rings (SSSR count). The molecule has 0 bridgehead atoms. The van der Waals surface area contributed by atoms with E-state index in [1.807, 2.05) is 42.5 Å². The Labute approximate surface area is 225 Å². The van der Waals surface area contributed by atoms with Crippen LogP contribution in [0.1, 0.15) is 64.9 Å². The van der Waals surface area contributed by atoms with Crippen molar-refractivity contribution in [3.8, 4) is 22.6 Å². The lowest BCUT2D eigenvalue weighted by atomic mass is 9.92. The number of hydrogen-bond acceptors (Lipinski definition) is 7. The van der Waals surface area contributed by atoms with E-state index in [2.05, 4.69) is 6.92 Å². The van der Waals surface area contributed by atoms with Crippen molar-refractivity contribution in [2.24, 2.45) is 11.7 Å². The van der Waals surface area contributed by atoms with Crippen molar-refractivity contribution in [1.82, 2.24) is 0 Å². The fourth-order valence-electron chi connectivity index (χ4n) is 4.21. The van der Waals surface area contributed by atoms with Gasteiger partial charge in [0.25, 0.3) is 0 Å². The van der Waals surface area contributed by atoms with E-state index < -0.39 is 23.9 Å². The SMILES string of the molecule is CCCCCCOc1ccc(-c2ccc(CCC(COC(C)=O)C(CC(N)=O)OC(C)=O)cc2)cc1OC. The van der Waals surface area contributed by atoms with Gasteiger partial charge in [-0.15, -0.1) is 0 Å². The number of rotatable bonds is 17. The van der Waals surface area contributed by atoms with Gasteiger partial charge in [0.2, 0.25) is 5.91 Å². The number of esters is 2. The highest BCUT2D eigenvalue weighted by molar-refractivity contribution is 5.75. The van der Waals surface area contributed by atoms with Crippen LogP contribution in [0.4, 0.5) is 0 Å². The summed E-state index contributed by atoms with van der Waals surface area (Å²) < 4.78 is 22.0. The number of benzene rings is 2. The van der Waals surface area contributed by atoms with Crippen LogP contribution >= 0.6 is 0 Å². The van der Waals surface area contributed by atoms with Gasteiger partial charge in [-0.3, -0.25) is 14.4 Å². The van der Waals surface area contributed by atoms with E-state index in [1.54, 1.807) is 7.11 Å². The van der Waals surface area contributed by atoms with Crippen LogP contribution in [0.5, 0.6) is 11.5 Å². The van der Waals surface area contributed by atoms with Crippen molar-refractivity contribution in [2.75, 3.05) is 20.3 Å². The zero-order chi connectivity index (χ0) is 27.9. The first-order valence-corrected chi connectivity index (χ1v) is 13.2. The van der Waals surface area contributed by atoms with Gasteiger partial charge >= 0.3 is 11.9 Å². The van der Waals surface area contributed by atoms with Gasteiger partial charge in [-0.25, -0.2) is 0 Å². The summed E-state index contributed by atoms with van der Waals surface area (Å²) >= 11 is 0. The number of aryl methyl sites for hydroxylation is 1. The Morgan fingerprint density at radius 1 is 0.895 bits per heavy atom. The smallest absolute Gasteiger partial charge is 0.302 e. The molecule has 8 heteroatoms. The first-order valence-electron chi connectivity index (χ1n) is 13.2. The van der Waals surface area contributed by atoms with Crippen LogP contribution in [0.25, 0.3) is 11.1 Å². The molecule has 2 unspecified atom stereocenters. The fourth-order valence-corrected chi connectivity index (χ4v) is 4.21. The van der Waals surface area contributed by atoms with Crippen molar-refractivity contribution in [1.29, 1.82) is 0 Å². The van der Waals surface area contributed by atoms with E-state index in [9.17, 15) is 14.4 Å². The Bertz CT molecular complexity index is 1020. The number of carbonyl (C=O) groups excluding carboxylic acids is 3. The van der Waals surface area contributed by atoms with Gasteiger partial charge in [0.15, 0.2) is 11.5 Å². The summed E-state index contributed by atoms with van der Waals surface area (Å²) in [5.41, 5.74) is 8.46. The molecular weight excluding hydrogens is 486 g/mol. The number of amides is 1. The highest BCUT2D eigenvalue weighted by atomic mass is 16.6. The Balaban J connectivity index is 2.07. The molecule has 2 N–H and O–H groups in total. The van der Waals surface area contributed by atoms with Gasteiger partial charge in [0.1, 0.15) is 6.10 Å². The number of carbonyl (C=O) groups is 3. The molecule has 2 aromatic carbocycles. The van der Waals surface area contributed by atoms with Crippen LogP contribution in [0.3, 0.4) is 0 Å². The summed E-state index contributed by atoms with van der Waals surface area (Å²) in [5.74, 6) is -0.478. The van der Waals surface area contributed by atoms with Crippen LogP contribution in [-0.2, 0) is 30.3 Å². The summed E-state index contributed by atoms with van der Waals surface area (Å²) in [4.78, 5) is 34.5. The van der Waals surface area contributed by atoms with Crippen molar-refractivity contribution >= 4 is 17.8 Å². The van der Waals surface area contributed by atoms with Crippen LogP contribution in [-0.4, -0.2) is 44.3 Å². The molecule has 0 fully saturated rings. The Kier molecular flexibility index (Phi) is 13.2. The molecular formula is C30H41NO7. The highest BCUT2D eigenvalue weighted by Crippen LogP contribution is 2.33. The topological polar surface area (TPSA) is 114 Å². The maximum atomic E-state index is 11.6. The monoisotopic (exact) mass is 527 g/mol. The molecule has 8 nitrogen and oxygen atoms in total. The van der Waals surface area contributed by atoms with E-state index in [0.717, 1.165) is 35.3 Å². The molecule has 0 aliphatic carbocycles. The van der Waals surface area contributed by atoms with Gasteiger partial charge in [0, 0.05) is 19.8 Å². The van der Waals surface area contributed by atoms with Crippen LogP contribution in [0.15, 0.2) is 42.5 Å². The lowest BCUT2D eigenvalue weighted by Crippen LogP contribution is -2.34. The number of hydrogen-bond donors (Lipinski definition) is 1. The summed E-state index contributed by atoms with van der Waals surface area (Å²) in [6.07, 6.45) is 4.86. The second-order valence-corrected chi connectivity index (χ2v) is 9.39. The number of unbranched alkanes of at least 4 members (excludes halogenated alkanes) is 3. The molecule has 0 radical (unpaired) electrons. The van der Waals surface area contributed by atoms with Gasteiger partial charge in [-0.1, -0.05) is 56.5 Å². The van der Waals surface area contributed by atoms with E-state index in [-0.39, 0.29) is 18.9 Å². The molecule has 38 heavy (non-hydrogen) atoms. The van der Waals surface area contributed by atoms with Crippen molar-refractivity contribution < 1.29 is 33.3 Å². The molecule has 0 aromatic heterocycles. The molecule has 0 spiro atoms. The molecule has 0 aliphatic rings. The molecule has 0 saturated heterocycles. The third-order valence-electron chi connectivity index (χ3n) is 6.26. The first-order chi connectivity index (χ1) is 18.2. The van der Waals surface area contributed by atoms with E-state index >= 15 is 0 Å². The summed E-state index contributed by atoms with van der Waals surface area (Å²) in [6, 6.07) is 14.0. The third kappa shape index (κ3) is 10.8. The zero-order valence-electron chi connectivity index (χ0n) is 23.0. The largest absolute Gasteiger partial charge is 0.493 e. The summed E-state index contributed by atoms with van der Waals surface area (Å²) in [7, 11) is 1.64. The number of primary amides is 1. The molecule has 0 heterocycles. The standard InChI is InChI=1S/C30H41NO7/c1-5-6-7-8-17-36-27-16-15-25(18-29(27)35-4)24-12-9-23(10-13-24)11-14-26(20-37-21(2)32)28(19-30(31)34)38-22(3)33/h9-10,12-13,15-16,18,26,28H,5-8,11,14,17,19-20H2,1-4H3,(H2,31,34). The highest BCUT2D eigenvalue weighted by Gasteiger charge is 2.27. The van der Waals surface area contributed by atoms with Crippen molar-refractivity contribution in [3.05, 3.63) is 48.0 Å². The molecule has 0 saturated carbocycles. The van der Waals surface area contributed by atoms with Crippen LogP contribution in [0, 0.1) is 5.92 Å². The lowest BCUT2D eigenvalue weighted by Gasteiger charge is -2.25. The maximum absolute atomic E-state index is 11.6.